The molecule has 2 rings (SSSR count). The smallest absolute Gasteiger partial charge is 0.243 e. The zero-order valence-electron chi connectivity index (χ0n) is 14.2. The molecule has 0 aliphatic carbocycles. The van der Waals surface area contributed by atoms with Gasteiger partial charge in [0, 0.05) is 32.6 Å². The van der Waals surface area contributed by atoms with Crippen LogP contribution >= 0.6 is 0 Å². The molecule has 136 valence electrons. The summed E-state index contributed by atoms with van der Waals surface area (Å²) >= 11 is 0. The highest BCUT2D eigenvalue weighted by Crippen LogP contribution is 2.21. The number of sulfonamides is 1. The van der Waals surface area contributed by atoms with Crippen molar-refractivity contribution < 1.29 is 18.0 Å². The molecule has 1 aromatic rings. The number of hydrogen-bond donors (Lipinski definition) is 2. The van der Waals surface area contributed by atoms with E-state index in [2.05, 4.69) is 17.2 Å². The highest BCUT2D eigenvalue weighted by Gasteiger charge is 2.30. The SMILES string of the molecule is C=CC(=O)N[C@H]1CCCN(S(=O)(=O)c2ccc(CNC(C)=O)cc2)C1. The maximum Gasteiger partial charge on any atom is 0.243 e. The van der Waals surface area contributed by atoms with E-state index < -0.39 is 10.0 Å². The Hall–Kier alpha value is -2.19. The molecule has 2 N–H and O–H groups in total. The van der Waals surface area contributed by atoms with Gasteiger partial charge in [-0.3, -0.25) is 9.59 Å². The lowest BCUT2D eigenvalue weighted by atomic mass is 10.1. The Labute approximate surface area is 148 Å². The van der Waals surface area contributed by atoms with Crippen molar-refractivity contribution in [1.82, 2.24) is 14.9 Å². The summed E-state index contributed by atoms with van der Waals surface area (Å²) in [7, 11) is -3.62. The first-order valence-electron chi connectivity index (χ1n) is 8.09. The minimum Gasteiger partial charge on any atom is -0.352 e. The first kappa shape index (κ1) is 19.1. The van der Waals surface area contributed by atoms with Gasteiger partial charge in [0.05, 0.1) is 4.90 Å². The summed E-state index contributed by atoms with van der Waals surface area (Å²) in [6, 6.07) is 6.23. The Kier molecular flexibility index (Phi) is 6.33. The second-order valence-corrected chi connectivity index (χ2v) is 7.91. The lowest BCUT2D eigenvalue weighted by Crippen LogP contribution is -2.49. The van der Waals surface area contributed by atoms with Gasteiger partial charge in [0.2, 0.25) is 21.8 Å². The zero-order chi connectivity index (χ0) is 18.4. The molecule has 2 amide bonds. The van der Waals surface area contributed by atoms with Crippen molar-refractivity contribution in [3.63, 3.8) is 0 Å². The minimum absolute atomic E-state index is 0.141. The van der Waals surface area contributed by atoms with Gasteiger partial charge in [-0.25, -0.2) is 8.42 Å². The predicted molar refractivity (Wildman–Crippen MR) is 94.1 cm³/mol. The van der Waals surface area contributed by atoms with Crippen LogP contribution in [-0.4, -0.2) is 43.7 Å². The Morgan fingerprint density at radius 1 is 1.32 bits per heavy atom. The number of amides is 2. The molecule has 1 aliphatic rings. The third-order valence-corrected chi connectivity index (χ3v) is 5.90. The van der Waals surface area contributed by atoms with Crippen LogP contribution < -0.4 is 10.6 Å². The fourth-order valence-electron chi connectivity index (χ4n) is 2.69. The lowest BCUT2D eigenvalue weighted by Gasteiger charge is -2.32. The van der Waals surface area contributed by atoms with Crippen LogP contribution in [-0.2, 0) is 26.2 Å². The molecule has 1 saturated heterocycles. The van der Waals surface area contributed by atoms with Crippen molar-refractivity contribution in [3.8, 4) is 0 Å². The van der Waals surface area contributed by atoms with Gasteiger partial charge in [-0.15, -0.1) is 0 Å². The van der Waals surface area contributed by atoms with Crippen LogP contribution in [0.4, 0.5) is 0 Å². The van der Waals surface area contributed by atoms with E-state index in [9.17, 15) is 18.0 Å². The van der Waals surface area contributed by atoms with Crippen LogP contribution in [0.25, 0.3) is 0 Å². The summed E-state index contributed by atoms with van der Waals surface area (Å²) in [6.07, 6.45) is 2.60. The fourth-order valence-corrected chi connectivity index (χ4v) is 4.22. The van der Waals surface area contributed by atoms with Gasteiger partial charge >= 0.3 is 0 Å². The standard InChI is InChI=1S/C17H23N3O4S/c1-3-17(22)19-15-5-4-10-20(12-15)25(23,24)16-8-6-14(7-9-16)11-18-13(2)21/h3,6-9,15H,1,4-5,10-12H2,2H3,(H,18,21)(H,19,22)/t15-/m0/s1. The van der Waals surface area contributed by atoms with Gasteiger partial charge in [0.15, 0.2) is 0 Å². The van der Waals surface area contributed by atoms with Gasteiger partial charge in [-0.2, -0.15) is 4.31 Å². The van der Waals surface area contributed by atoms with Crippen LogP contribution in [0.2, 0.25) is 0 Å². The zero-order valence-corrected chi connectivity index (χ0v) is 15.0. The number of rotatable bonds is 6. The lowest BCUT2D eigenvalue weighted by molar-refractivity contribution is -0.119. The van der Waals surface area contributed by atoms with Crippen LogP contribution in [0.15, 0.2) is 41.8 Å². The monoisotopic (exact) mass is 365 g/mol. The highest BCUT2D eigenvalue weighted by atomic mass is 32.2. The average molecular weight is 365 g/mol. The summed E-state index contributed by atoms with van der Waals surface area (Å²) in [5, 5.41) is 5.42. The second-order valence-electron chi connectivity index (χ2n) is 5.97. The Morgan fingerprint density at radius 3 is 2.60 bits per heavy atom. The van der Waals surface area contributed by atoms with Crippen molar-refractivity contribution in [2.75, 3.05) is 13.1 Å². The normalized spacial score (nSPS) is 18.4. The van der Waals surface area contributed by atoms with Crippen LogP contribution in [0.3, 0.4) is 0 Å². The van der Waals surface area contributed by atoms with Crippen LogP contribution in [0, 0.1) is 0 Å². The van der Waals surface area contributed by atoms with Crippen molar-refractivity contribution in [3.05, 3.63) is 42.5 Å². The summed E-state index contributed by atoms with van der Waals surface area (Å²) in [6.45, 7) is 5.86. The maximum atomic E-state index is 12.8. The molecule has 25 heavy (non-hydrogen) atoms. The first-order chi connectivity index (χ1) is 11.8. The molecule has 0 saturated carbocycles. The van der Waals surface area contributed by atoms with Gasteiger partial charge in [-0.05, 0) is 36.6 Å². The number of piperidine rings is 1. The van der Waals surface area contributed by atoms with E-state index in [1.165, 1.54) is 17.3 Å². The van der Waals surface area contributed by atoms with Gasteiger partial charge in [0.25, 0.3) is 0 Å². The third-order valence-electron chi connectivity index (χ3n) is 4.02. The number of carbonyl (C=O) groups is 2. The van der Waals surface area contributed by atoms with E-state index in [0.29, 0.717) is 19.5 Å². The molecule has 0 bridgehead atoms. The van der Waals surface area contributed by atoms with Gasteiger partial charge in [-0.1, -0.05) is 18.7 Å². The molecule has 1 heterocycles. The molecule has 0 unspecified atom stereocenters. The molecule has 1 atom stereocenters. The van der Waals surface area contributed by atoms with Crippen molar-refractivity contribution in [2.24, 2.45) is 0 Å². The second kappa shape index (κ2) is 8.26. The molecular weight excluding hydrogens is 342 g/mol. The molecule has 0 spiro atoms. The van der Waals surface area contributed by atoms with Crippen molar-refractivity contribution in [2.45, 2.75) is 37.2 Å². The van der Waals surface area contributed by atoms with Crippen molar-refractivity contribution >= 4 is 21.8 Å². The minimum atomic E-state index is -3.62. The quantitative estimate of drug-likeness (QED) is 0.728. The van der Waals surface area contributed by atoms with Crippen molar-refractivity contribution in [1.29, 1.82) is 0 Å². The summed E-state index contributed by atoms with van der Waals surface area (Å²) in [5.41, 5.74) is 0.823. The molecule has 7 nitrogen and oxygen atoms in total. The number of nitrogens with one attached hydrogen (secondary N) is 2. The third kappa shape index (κ3) is 5.14. The molecular formula is C17H23N3O4S. The topological polar surface area (TPSA) is 95.6 Å². The number of hydrogen-bond acceptors (Lipinski definition) is 4. The highest BCUT2D eigenvalue weighted by molar-refractivity contribution is 7.89. The Bertz CT molecular complexity index is 744. The molecule has 1 aromatic carbocycles. The number of benzene rings is 1. The largest absolute Gasteiger partial charge is 0.352 e. The number of carbonyl (C=O) groups excluding carboxylic acids is 2. The van der Waals surface area contributed by atoms with Gasteiger partial charge in [0.1, 0.15) is 0 Å². The average Bonchev–Trinajstić information content (AvgIpc) is 2.60. The maximum absolute atomic E-state index is 12.8. The first-order valence-corrected chi connectivity index (χ1v) is 9.53. The predicted octanol–water partition coefficient (Wildman–Crippen LogP) is 0.778. The van der Waals surface area contributed by atoms with Gasteiger partial charge < -0.3 is 10.6 Å². The molecule has 0 aromatic heterocycles. The van der Waals surface area contributed by atoms with E-state index >= 15 is 0 Å². The Balaban J connectivity index is 2.07. The van der Waals surface area contributed by atoms with E-state index in [-0.39, 0.29) is 29.3 Å². The molecule has 0 radical (unpaired) electrons. The molecule has 1 aliphatic heterocycles. The van der Waals surface area contributed by atoms with E-state index in [1.54, 1.807) is 24.3 Å². The number of nitrogens with zero attached hydrogens (tertiary/aromatic N) is 1. The summed E-state index contributed by atoms with van der Waals surface area (Å²) in [5.74, 6) is -0.441. The summed E-state index contributed by atoms with van der Waals surface area (Å²) in [4.78, 5) is 22.6. The van der Waals surface area contributed by atoms with Crippen LogP contribution in [0.5, 0.6) is 0 Å². The molecule has 1 fully saturated rings. The van der Waals surface area contributed by atoms with E-state index in [1.807, 2.05) is 0 Å². The Morgan fingerprint density at radius 2 is 2.00 bits per heavy atom. The fraction of sp³-hybridized carbons (Fsp3) is 0.412. The summed E-state index contributed by atoms with van der Waals surface area (Å²) < 4.78 is 27.0. The van der Waals surface area contributed by atoms with Crippen LogP contribution in [0.1, 0.15) is 25.3 Å². The van der Waals surface area contributed by atoms with E-state index in [0.717, 1.165) is 12.0 Å². The molecule has 8 heteroatoms. The van der Waals surface area contributed by atoms with E-state index in [4.69, 9.17) is 0 Å².